The van der Waals surface area contributed by atoms with Crippen LogP contribution in [0.3, 0.4) is 0 Å². The van der Waals surface area contributed by atoms with Crippen LogP contribution in [0, 0.1) is 0 Å². The Morgan fingerprint density at radius 1 is 1.45 bits per heavy atom. The molecule has 0 spiro atoms. The van der Waals surface area contributed by atoms with Crippen LogP contribution in [-0.2, 0) is 33.5 Å². The largest absolute Gasteiger partial charge is 0.483 e. The summed E-state index contributed by atoms with van der Waals surface area (Å²) in [5.41, 5.74) is 5.67. The molecule has 33 heavy (non-hydrogen) atoms. The first kappa shape index (κ1) is 25.6. The molecule has 0 unspecified atom stereocenters. The Morgan fingerprint density at radius 3 is 2.64 bits per heavy atom. The first-order valence-electron chi connectivity index (χ1n) is 8.90. The van der Waals surface area contributed by atoms with E-state index in [9.17, 15) is 24.3 Å². The Morgan fingerprint density at radius 2 is 2.12 bits per heavy atom. The van der Waals surface area contributed by atoms with Crippen LogP contribution in [0.5, 0.6) is 0 Å². The van der Waals surface area contributed by atoms with Crippen LogP contribution in [0.2, 0.25) is 0 Å². The SMILES string of the molecule is CON=C(C(=O)N[C@H]1C(=O)N2C(C(=O)O)=C(COC(C)=O)CS[C@H]12)c1csc(N)n1.O=CO. The highest BCUT2D eigenvalue weighted by Crippen LogP contribution is 2.40. The van der Waals surface area contributed by atoms with Gasteiger partial charge in [0.15, 0.2) is 10.8 Å². The van der Waals surface area contributed by atoms with Crippen LogP contribution >= 0.6 is 23.1 Å². The predicted molar refractivity (Wildman–Crippen MR) is 115 cm³/mol. The number of anilines is 1. The van der Waals surface area contributed by atoms with Gasteiger partial charge in [0.2, 0.25) is 0 Å². The molecule has 5 N–H and O–H groups in total. The Labute approximate surface area is 194 Å². The van der Waals surface area contributed by atoms with Crippen molar-refractivity contribution < 1.29 is 43.8 Å². The molecule has 2 atom stereocenters. The van der Waals surface area contributed by atoms with Crippen LogP contribution < -0.4 is 11.1 Å². The molecule has 0 bridgehead atoms. The molecule has 1 aromatic rings. The monoisotopic (exact) mass is 501 g/mol. The van der Waals surface area contributed by atoms with Crippen LogP contribution in [0.15, 0.2) is 21.8 Å². The summed E-state index contributed by atoms with van der Waals surface area (Å²) in [6.45, 7) is 0.725. The molecule has 3 rings (SSSR count). The van der Waals surface area contributed by atoms with Crippen molar-refractivity contribution in [1.82, 2.24) is 15.2 Å². The van der Waals surface area contributed by atoms with Crippen molar-refractivity contribution in [3.05, 3.63) is 22.3 Å². The highest BCUT2D eigenvalue weighted by atomic mass is 32.2. The Hall–Kier alpha value is -3.66. The van der Waals surface area contributed by atoms with Gasteiger partial charge in [-0.1, -0.05) is 5.16 Å². The van der Waals surface area contributed by atoms with Gasteiger partial charge in [0.25, 0.3) is 18.3 Å². The molecule has 0 aliphatic carbocycles. The smallest absolute Gasteiger partial charge is 0.352 e. The van der Waals surface area contributed by atoms with Crippen LogP contribution in [0.1, 0.15) is 12.6 Å². The van der Waals surface area contributed by atoms with Crippen LogP contribution in [0.4, 0.5) is 5.13 Å². The van der Waals surface area contributed by atoms with E-state index in [-0.39, 0.29) is 41.1 Å². The number of β-lactam (4-membered cyclic amide) rings is 1. The van der Waals surface area contributed by atoms with Crippen molar-refractivity contribution in [3.63, 3.8) is 0 Å². The van der Waals surface area contributed by atoms with E-state index in [4.69, 9.17) is 20.4 Å². The van der Waals surface area contributed by atoms with Crippen molar-refractivity contribution in [2.24, 2.45) is 5.16 Å². The molecule has 3 heterocycles. The van der Waals surface area contributed by atoms with Gasteiger partial charge in [0.05, 0.1) is 0 Å². The van der Waals surface area contributed by atoms with Gasteiger partial charge < -0.3 is 30.8 Å². The minimum absolute atomic E-state index is 0.165. The molecule has 16 heteroatoms. The minimum atomic E-state index is -1.32. The van der Waals surface area contributed by atoms with Gasteiger partial charge in [-0.3, -0.25) is 24.1 Å². The zero-order valence-electron chi connectivity index (χ0n) is 17.2. The topological polar surface area (TPSA) is 211 Å². The second-order valence-corrected chi connectivity index (χ2v) is 8.19. The third-order valence-electron chi connectivity index (χ3n) is 4.15. The van der Waals surface area contributed by atoms with Crippen molar-refractivity contribution in [1.29, 1.82) is 0 Å². The summed E-state index contributed by atoms with van der Waals surface area (Å²) < 4.78 is 4.88. The number of carbonyl (C=O) groups excluding carboxylic acids is 3. The number of carbonyl (C=O) groups is 5. The lowest BCUT2D eigenvalue weighted by Gasteiger charge is -2.49. The number of amides is 2. The highest BCUT2D eigenvalue weighted by Gasteiger charge is 2.54. The first-order valence-corrected chi connectivity index (χ1v) is 10.8. The predicted octanol–water partition coefficient (Wildman–Crippen LogP) is -0.922. The van der Waals surface area contributed by atoms with Gasteiger partial charge in [-0.2, -0.15) is 0 Å². The molecule has 0 aromatic carbocycles. The van der Waals surface area contributed by atoms with Gasteiger partial charge in [0, 0.05) is 23.6 Å². The van der Waals surface area contributed by atoms with Crippen molar-refractivity contribution in [2.75, 3.05) is 25.2 Å². The number of esters is 1. The van der Waals surface area contributed by atoms with Gasteiger partial charge in [-0.25, -0.2) is 9.78 Å². The number of fused-ring (bicyclic) bond motifs is 1. The minimum Gasteiger partial charge on any atom is -0.483 e. The molecule has 2 aliphatic heterocycles. The summed E-state index contributed by atoms with van der Waals surface area (Å²) in [6.07, 6.45) is 0. The van der Waals surface area contributed by atoms with Crippen molar-refractivity contribution in [2.45, 2.75) is 18.3 Å². The number of thiazole rings is 1. The van der Waals surface area contributed by atoms with Crippen LogP contribution in [-0.4, -0.2) is 86.9 Å². The van der Waals surface area contributed by atoms with Crippen molar-refractivity contribution in [3.8, 4) is 0 Å². The highest BCUT2D eigenvalue weighted by molar-refractivity contribution is 8.00. The lowest BCUT2D eigenvalue weighted by Crippen LogP contribution is -2.71. The molecule has 178 valence electrons. The third-order valence-corrected chi connectivity index (χ3v) is 6.16. The first-order chi connectivity index (χ1) is 15.7. The van der Waals surface area contributed by atoms with Gasteiger partial charge in [0.1, 0.15) is 36.5 Å². The fraction of sp³-hybridized carbons (Fsp3) is 0.353. The van der Waals surface area contributed by atoms with E-state index >= 15 is 0 Å². The quantitative estimate of drug-likeness (QED) is 0.117. The van der Waals surface area contributed by atoms with E-state index in [1.807, 2.05) is 0 Å². The number of nitrogens with one attached hydrogen (secondary N) is 1. The molecular weight excluding hydrogens is 482 g/mol. The molecule has 1 fully saturated rings. The van der Waals surface area contributed by atoms with Crippen molar-refractivity contribution >= 4 is 64.2 Å². The number of carboxylic acid groups (broad SMARTS) is 2. The summed E-state index contributed by atoms with van der Waals surface area (Å²) in [7, 11) is 1.25. The molecule has 2 amide bonds. The molecule has 1 aromatic heterocycles. The number of oxime groups is 1. The Bertz CT molecular complexity index is 1020. The van der Waals surface area contributed by atoms with Crippen LogP contribution in [0.25, 0.3) is 0 Å². The van der Waals surface area contributed by atoms with E-state index in [1.165, 1.54) is 31.2 Å². The maximum Gasteiger partial charge on any atom is 0.352 e. The van der Waals surface area contributed by atoms with E-state index < -0.39 is 35.2 Å². The number of aromatic nitrogens is 1. The molecule has 14 nitrogen and oxygen atoms in total. The fourth-order valence-electron chi connectivity index (χ4n) is 2.88. The number of nitrogens with two attached hydrogens (primary N) is 1. The van der Waals surface area contributed by atoms with E-state index in [0.717, 1.165) is 16.2 Å². The number of aliphatic carboxylic acids is 1. The summed E-state index contributed by atoms with van der Waals surface area (Å²) in [5, 5.41) is 23.8. The normalized spacial score (nSPS) is 19.4. The number of thioether (sulfide) groups is 1. The van der Waals surface area contributed by atoms with E-state index in [2.05, 4.69) is 20.3 Å². The molecule has 0 saturated carbocycles. The fourth-order valence-corrected chi connectivity index (χ4v) is 4.76. The second-order valence-electron chi connectivity index (χ2n) is 6.20. The lowest BCUT2D eigenvalue weighted by atomic mass is 10.0. The summed E-state index contributed by atoms with van der Waals surface area (Å²) in [6, 6.07) is -0.967. The number of nitrogen functional groups attached to an aromatic ring is 1. The Kier molecular flexibility index (Phi) is 8.75. The maximum atomic E-state index is 12.7. The lowest BCUT2D eigenvalue weighted by molar-refractivity contribution is -0.150. The number of hydrogen-bond donors (Lipinski definition) is 4. The number of carboxylic acids is 1. The molecule has 2 aliphatic rings. The second kappa shape index (κ2) is 11.3. The number of rotatable bonds is 7. The molecular formula is C17H19N5O9S2. The summed E-state index contributed by atoms with van der Waals surface area (Å²) >= 11 is 2.35. The van der Waals surface area contributed by atoms with Gasteiger partial charge in [-0.15, -0.1) is 23.1 Å². The zero-order chi connectivity index (χ0) is 24.7. The van der Waals surface area contributed by atoms with Gasteiger partial charge >= 0.3 is 11.9 Å². The van der Waals surface area contributed by atoms with E-state index in [1.54, 1.807) is 0 Å². The number of ether oxygens (including phenoxy) is 1. The average molecular weight is 501 g/mol. The molecule has 0 radical (unpaired) electrons. The average Bonchev–Trinajstić information content (AvgIpc) is 3.19. The number of nitrogens with zero attached hydrogens (tertiary/aromatic N) is 3. The maximum absolute atomic E-state index is 12.7. The van der Waals surface area contributed by atoms with E-state index in [0.29, 0.717) is 5.57 Å². The Balaban J connectivity index is 0.00000122. The van der Waals surface area contributed by atoms with Gasteiger partial charge in [-0.05, 0) is 0 Å². The zero-order valence-corrected chi connectivity index (χ0v) is 18.8. The number of hydrogen-bond acceptors (Lipinski definition) is 12. The standard InChI is InChI=1S/C16H17N5O7S2.CH2O2/c1-6(22)28-3-7-4-29-14-10(13(24)21(14)11(7)15(25)26)19-12(23)9(20-27-2)8-5-30-16(17)18-8;2-1-3/h5,10,14H,3-4H2,1-2H3,(H2,17,18)(H,19,23)(H,25,26);1H,(H,2,3)/t10-,14+;/m0./s1. The molecule has 1 saturated heterocycles. The summed E-state index contributed by atoms with van der Waals surface area (Å²) in [5.74, 6) is -2.98. The third kappa shape index (κ3) is 5.78. The summed E-state index contributed by atoms with van der Waals surface area (Å²) in [4.78, 5) is 66.2.